The minimum Gasteiger partial charge on any atom is -0.550 e. The van der Waals surface area contributed by atoms with Gasteiger partial charge in [0.2, 0.25) is 0 Å². The fraction of sp³-hybridized carbons (Fsp3) is 0.500. The average Bonchev–Trinajstić information content (AvgIpc) is 2.97. The van der Waals surface area contributed by atoms with Gasteiger partial charge in [0, 0.05) is 12.4 Å². The van der Waals surface area contributed by atoms with Gasteiger partial charge in [-0.2, -0.15) is 0 Å². The van der Waals surface area contributed by atoms with Crippen LogP contribution in [0.2, 0.25) is 0 Å². The van der Waals surface area contributed by atoms with Crippen LogP contribution in [0.4, 0.5) is 0 Å². The summed E-state index contributed by atoms with van der Waals surface area (Å²) in [7, 11) is 0. The predicted molar refractivity (Wildman–Crippen MR) is 79.9 cm³/mol. The number of hydrogen-bond donors (Lipinski definition) is 0. The van der Waals surface area contributed by atoms with Crippen LogP contribution >= 0.6 is 0 Å². The van der Waals surface area contributed by atoms with Crippen LogP contribution in [0.3, 0.4) is 0 Å². The number of unbranched alkanes of at least 4 members (excludes halogenated alkanes) is 7. The van der Waals surface area contributed by atoms with E-state index in [2.05, 4.69) is 23.7 Å². The van der Waals surface area contributed by atoms with Crippen molar-refractivity contribution in [2.24, 2.45) is 0 Å². The second kappa shape index (κ2) is 14.8. The number of aliphatic carboxylic acids is 1. The summed E-state index contributed by atoms with van der Waals surface area (Å²) >= 11 is 0. The first-order valence-corrected chi connectivity index (χ1v) is 7.51. The number of carboxylic acid groups (broad SMARTS) is 1. The van der Waals surface area contributed by atoms with Crippen molar-refractivity contribution in [3.05, 3.63) is 24.2 Å². The van der Waals surface area contributed by atoms with Crippen LogP contribution in [0.5, 0.6) is 0 Å². The first-order valence-electron chi connectivity index (χ1n) is 7.51. The Kier molecular flexibility index (Phi) is 14.0. The Morgan fingerprint density at radius 2 is 1.73 bits per heavy atom. The normalized spacial score (nSPS) is 8.91. The molecule has 3 nitrogen and oxygen atoms in total. The zero-order chi connectivity index (χ0) is 15.2. The molecule has 1 aromatic heterocycles. The Morgan fingerprint density at radius 3 is 2.36 bits per heavy atom. The molecule has 0 aliphatic carbocycles. The molecule has 0 bridgehead atoms. The Hall–Kier alpha value is -1.13. The number of hydrogen-bond acceptors (Lipinski definition) is 3. The molecule has 1 aromatic rings. The SMILES string of the molecule is O=C([O-])CCCCCCCCCC#CC#Cc1ccco1.[Na+]. The number of carbonyl (C=O) groups excluding carboxylic acids is 1. The maximum absolute atomic E-state index is 10.2. The maximum Gasteiger partial charge on any atom is 1.00 e. The van der Waals surface area contributed by atoms with Gasteiger partial charge in [-0.15, -0.1) is 0 Å². The van der Waals surface area contributed by atoms with E-state index < -0.39 is 5.97 Å². The van der Waals surface area contributed by atoms with Crippen molar-refractivity contribution in [3.63, 3.8) is 0 Å². The Balaban J connectivity index is 0.00000441. The van der Waals surface area contributed by atoms with E-state index in [-0.39, 0.29) is 36.0 Å². The zero-order valence-electron chi connectivity index (χ0n) is 13.3. The third-order valence-electron chi connectivity index (χ3n) is 3.04. The molecule has 0 N–H and O–H groups in total. The van der Waals surface area contributed by atoms with Crippen LogP contribution in [-0.2, 0) is 4.79 Å². The molecule has 0 aromatic carbocycles. The molecule has 112 valence electrons. The fourth-order valence-corrected chi connectivity index (χ4v) is 1.92. The molecule has 1 rings (SSSR count). The summed E-state index contributed by atoms with van der Waals surface area (Å²) in [6.07, 6.45) is 10.1. The molecule has 22 heavy (non-hydrogen) atoms. The van der Waals surface area contributed by atoms with Crippen LogP contribution in [0.25, 0.3) is 0 Å². The third kappa shape index (κ3) is 12.6. The summed E-state index contributed by atoms with van der Waals surface area (Å²) < 4.78 is 5.07. The Morgan fingerprint density at radius 1 is 1.05 bits per heavy atom. The molecule has 0 unspecified atom stereocenters. The van der Waals surface area contributed by atoms with Crippen LogP contribution in [0, 0.1) is 23.7 Å². The number of rotatable bonds is 9. The molecule has 0 amide bonds. The minimum atomic E-state index is -0.941. The second-order valence-corrected chi connectivity index (χ2v) is 4.88. The van der Waals surface area contributed by atoms with Gasteiger partial charge in [-0.25, -0.2) is 0 Å². The van der Waals surface area contributed by atoms with Gasteiger partial charge >= 0.3 is 29.6 Å². The predicted octanol–water partition coefficient (Wildman–Crippen LogP) is -0.101. The third-order valence-corrected chi connectivity index (χ3v) is 3.04. The first kappa shape index (κ1) is 20.9. The molecule has 0 saturated carbocycles. The minimum absolute atomic E-state index is 0. The molecular weight excluding hydrogens is 287 g/mol. The van der Waals surface area contributed by atoms with Crippen molar-refractivity contribution < 1.29 is 43.9 Å². The van der Waals surface area contributed by atoms with Gasteiger partial charge in [0.25, 0.3) is 0 Å². The Labute approximate surface area is 155 Å². The van der Waals surface area contributed by atoms with Crippen LogP contribution < -0.4 is 34.7 Å². The van der Waals surface area contributed by atoms with Crippen molar-refractivity contribution in [2.45, 2.75) is 57.8 Å². The standard InChI is InChI=1S/C18H22O3.Na/c19-18(20)15-11-9-7-5-3-1-2-4-6-8-10-13-17-14-12-16-21-17;/h12,14,16H,1-5,7,9,11,15H2,(H,19,20);/q;+1/p-1. The Bertz CT molecular complexity index is 512. The number of furan rings is 1. The van der Waals surface area contributed by atoms with E-state index in [1.165, 1.54) is 19.3 Å². The van der Waals surface area contributed by atoms with Gasteiger partial charge in [-0.1, -0.05) is 38.0 Å². The summed E-state index contributed by atoms with van der Waals surface area (Å²) in [5.41, 5.74) is 0. The molecule has 0 radical (unpaired) electrons. The van der Waals surface area contributed by atoms with Crippen LogP contribution in [0.15, 0.2) is 22.8 Å². The van der Waals surface area contributed by atoms with Gasteiger partial charge in [0.05, 0.1) is 6.26 Å². The summed E-state index contributed by atoms with van der Waals surface area (Å²) in [6.45, 7) is 0. The van der Waals surface area contributed by atoms with Crippen molar-refractivity contribution in [1.82, 2.24) is 0 Å². The van der Waals surface area contributed by atoms with Crippen molar-refractivity contribution in [3.8, 4) is 23.7 Å². The molecule has 0 saturated heterocycles. The molecule has 0 atom stereocenters. The van der Waals surface area contributed by atoms with Gasteiger partial charge in [0.15, 0.2) is 5.76 Å². The van der Waals surface area contributed by atoms with E-state index in [0.29, 0.717) is 5.76 Å². The molecule has 0 aliphatic rings. The van der Waals surface area contributed by atoms with Crippen molar-refractivity contribution in [2.75, 3.05) is 0 Å². The van der Waals surface area contributed by atoms with Crippen molar-refractivity contribution in [1.29, 1.82) is 0 Å². The van der Waals surface area contributed by atoms with Gasteiger partial charge < -0.3 is 14.3 Å². The van der Waals surface area contributed by atoms with Crippen LogP contribution in [0.1, 0.15) is 63.5 Å². The van der Waals surface area contributed by atoms with E-state index in [1.54, 1.807) is 12.3 Å². The largest absolute Gasteiger partial charge is 1.00 e. The zero-order valence-corrected chi connectivity index (χ0v) is 15.3. The van der Waals surface area contributed by atoms with Gasteiger partial charge in [-0.05, 0) is 49.2 Å². The fourth-order valence-electron chi connectivity index (χ4n) is 1.92. The second-order valence-electron chi connectivity index (χ2n) is 4.88. The molecule has 0 aliphatic heterocycles. The van der Waals surface area contributed by atoms with Gasteiger partial charge in [-0.3, -0.25) is 0 Å². The first-order chi connectivity index (χ1) is 10.3. The van der Waals surface area contributed by atoms with E-state index in [0.717, 1.165) is 32.1 Å². The van der Waals surface area contributed by atoms with E-state index in [9.17, 15) is 9.90 Å². The molecular formula is C18H21NaO3. The summed E-state index contributed by atoms with van der Waals surface area (Å²) in [6, 6.07) is 3.61. The summed E-state index contributed by atoms with van der Waals surface area (Å²) in [5, 5.41) is 10.2. The summed E-state index contributed by atoms with van der Waals surface area (Å²) in [4.78, 5) is 10.2. The van der Waals surface area contributed by atoms with E-state index in [4.69, 9.17) is 4.42 Å². The molecule has 0 fully saturated rings. The summed E-state index contributed by atoms with van der Waals surface area (Å²) in [5.74, 6) is 11.1. The van der Waals surface area contributed by atoms with E-state index >= 15 is 0 Å². The monoisotopic (exact) mass is 308 g/mol. The molecule has 1 heterocycles. The van der Waals surface area contributed by atoms with Crippen LogP contribution in [-0.4, -0.2) is 5.97 Å². The van der Waals surface area contributed by atoms with E-state index in [1.807, 2.05) is 6.07 Å². The van der Waals surface area contributed by atoms with Gasteiger partial charge in [0.1, 0.15) is 0 Å². The number of carbonyl (C=O) groups is 1. The number of carboxylic acids is 1. The smallest absolute Gasteiger partial charge is 0.550 e. The molecule has 0 spiro atoms. The molecule has 4 heteroatoms. The topological polar surface area (TPSA) is 53.3 Å². The quantitative estimate of drug-likeness (QED) is 0.364. The maximum atomic E-state index is 10.2. The van der Waals surface area contributed by atoms with Crippen molar-refractivity contribution >= 4 is 5.97 Å². The average molecular weight is 308 g/mol.